The van der Waals surface area contributed by atoms with E-state index in [1.807, 2.05) is 17.6 Å². The molecule has 0 radical (unpaired) electrons. The molecule has 1 aliphatic carbocycles. The van der Waals surface area contributed by atoms with Crippen molar-refractivity contribution in [1.82, 2.24) is 4.57 Å². The fourth-order valence-corrected chi connectivity index (χ4v) is 5.34. The molecule has 1 aromatic heterocycles. The predicted molar refractivity (Wildman–Crippen MR) is 135 cm³/mol. The van der Waals surface area contributed by atoms with Crippen molar-refractivity contribution in [2.24, 2.45) is 0 Å². The predicted octanol–water partition coefficient (Wildman–Crippen LogP) is 5.04. The number of hydrogen-bond donors (Lipinski definition) is 2. The van der Waals surface area contributed by atoms with Crippen LogP contribution in [0.5, 0.6) is 11.5 Å². The molecule has 2 heterocycles. The summed E-state index contributed by atoms with van der Waals surface area (Å²) in [6.07, 6.45) is 5.31. The molecular formula is C26H27ClFN3O4. The maximum Gasteiger partial charge on any atom is 0.202 e. The van der Waals surface area contributed by atoms with E-state index in [4.69, 9.17) is 26.8 Å². The van der Waals surface area contributed by atoms with Crippen LogP contribution in [0.1, 0.15) is 48.5 Å². The summed E-state index contributed by atoms with van der Waals surface area (Å²) >= 11 is 6.06. The first-order chi connectivity index (χ1) is 16.7. The van der Waals surface area contributed by atoms with Gasteiger partial charge in [0.25, 0.3) is 0 Å². The van der Waals surface area contributed by atoms with Crippen LogP contribution in [0.15, 0.2) is 29.2 Å². The number of Topliss-reactive ketones (excluding diaryl/α,β-unsaturated/α-hetero) is 1. The van der Waals surface area contributed by atoms with Crippen LogP contribution in [0.2, 0.25) is 5.02 Å². The third-order valence-electron chi connectivity index (χ3n) is 7.09. The summed E-state index contributed by atoms with van der Waals surface area (Å²) in [5.74, 6) is -0.266. The molecule has 0 atom stereocenters. The summed E-state index contributed by atoms with van der Waals surface area (Å²) in [5, 5.41) is 3.69. The highest BCUT2D eigenvalue weighted by Gasteiger charge is 2.42. The van der Waals surface area contributed by atoms with Gasteiger partial charge in [0.05, 0.1) is 27.7 Å². The number of carbonyl (C=O) groups excluding carboxylic acids is 1. The first-order valence-electron chi connectivity index (χ1n) is 11.7. The maximum atomic E-state index is 15.5. The second-order valence-corrected chi connectivity index (χ2v) is 9.77. The molecule has 2 aliphatic rings. The van der Waals surface area contributed by atoms with Gasteiger partial charge in [-0.3, -0.25) is 9.59 Å². The summed E-state index contributed by atoms with van der Waals surface area (Å²) in [5.41, 5.74) is 6.35. The number of carbonyl (C=O) groups is 1. The van der Waals surface area contributed by atoms with Gasteiger partial charge >= 0.3 is 0 Å². The lowest BCUT2D eigenvalue weighted by atomic mass is 9.93. The Morgan fingerprint density at radius 1 is 1.34 bits per heavy atom. The number of benzene rings is 2. The van der Waals surface area contributed by atoms with Crippen LogP contribution in [0.25, 0.3) is 10.9 Å². The molecule has 5 rings (SSSR count). The van der Waals surface area contributed by atoms with E-state index < -0.39 is 11.2 Å². The largest absolute Gasteiger partial charge is 0.492 e. The maximum absolute atomic E-state index is 15.5. The normalized spacial score (nSPS) is 15.9. The van der Waals surface area contributed by atoms with Crippen molar-refractivity contribution in [2.45, 2.75) is 45.1 Å². The molecule has 9 heteroatoms. The molecule has 1 aliphatic heterocycles. The molecule has 184 valence electrons. The van der Waals surface area contributed by atoms with E-state index in [1.54, 1.807) is 18.3 Å². The van der Waals surface area contributed by atoms with E-state index >= 15 is 4.39 Å². The fourth-order valence-electron chi connectivity index (χ4n) is 5.22. The summed E-state index contributed by atoms with van der Waals surface area (Å²) in [6, 6.07) is 5.36. The number of anilines is 2. The van der Waals surface area contributed by atoms with Crippen LogP contribution < -0.4 is 26.0 Å². The van der Waals surface area contributed by atoms with Gasteiger partial charge < -0.3 is 25.1 Å². The minimum atomic E-state index is -0.776. The molecule has 3 N–H and O–H groups in total. The number of aryl methyl sites for hydroxylation is 1. The Morgan fingerprint density at radius 2 is 2.09 bits per heavy atom. The minimum absolute atomic E-state index is 0.00499. The van der Waals surface area contributed by atoms with Gasteiger partial charge in [0, 0.05) is 17.8 Å². The molecule has 0 bridgehead atoms. The van der Waals surface area contributed by atoms with E-state index in [9.17, 15) is 9.59 Å². The Morgan fingerprint density at radius 3 is 2.77 bits per heavy atom. The Bertz CT molecular complexity index is 1410. The van der Waals surface area contributed by atoms with Crippen LogP contribution in [-0.2, 0) is 5.54 Å². The number of nitrogens with two attached hydrogens (primary N) is 1. The number of nitrogen functional groups attached to an aromatic ring is 1. The van der Waals surface area contributed by atoms with Gasteiger partial charge in [0.1, 0.15) is 24.7 Å². The number of rotatable bonds is 6. The van der Waals surface area contributed by atoms with Gasteiger partial charge in [0.15, 0.2) is 17.3 Å². The van der Waals surface area contributed by atoms with Crippen molar-refractivity contribution in [2.75, 3.05) is 30.8 Å². The Labute approximate surface area is 207 Å². The van der Waals surface area contributed by atoms with E-state index in [0.29, 0.717) is 22.9 Å². The summed E-state index contributed by atoms with van der Waals surface area (Å²) in [7, 11) is 0. The molecule has 1 saturated carbocycles. The lowest BCUT2D eigenvalue weighted by molar-refractivity contribution is 0.101. The molecule has 0 saturated heterocycles. The molecule has 35 heavy (non-hydrogen) atoms. The zero-order chi connectivity index (χ0) is 24.9. The van der Waals surface area contributed by atoms with Crippen LogP contribution in [-0.4, -0.2) is 30.1 Å². The van der Waals surface area contributed by atoms with Gasteiger partial charge in [-0.1, -0.05) is 24.4 Å². The van der Waals surface area contributed by atoms with Crippen molar-refractivity contribution >= 4 is 39.7 Å². The highest BCUT2D eigenvalue weighted by atomic mass is 35.5. The van der Waals surface area contributed by atoms with Crippen molar-refractivity contribution in [3.05, 3.63) is 56.6 Å². The molecule has 2 aromatic carbocycles. The van der Waals surface area contributed by atoms with Crippen molar-refractivity contribution in [3.63, 3.8) is 0 Å². The number of pyridine rings is 1. The van der Waals surface area contributed by atoms with Gasteiger partial charge in [-0.15, -0.1) is 0 Å². The highest BCUT2D eigenvalue weighted by molar-refractivity contribution is 6.31. The van der Waals surface area contributed by atoms with Gasteiger partial charge in [-0.05, 0) is 50.5 Å². The first-order valence-corrected chi connectivity index (χ1v) is 12.1. The third kappa shape index (κ3) is 3.80. The number of nitrogens with zero attached hydrogens (tertiary/aromatic N) is 1. The summed E-state index contributed by atoms with van der Waals surface area (Å²) < 4.78 is 29.4. The van der Waals surface area contributed by atoms with E-state index in [0.717, 1.165) is 31.2 Å². The molecule has 1 spiro atoms. The topological polar surface area (TPSA) is 95.6 Å². The van der Waals surface area contributed by atoms with Crippen molar-refractivity contribution in [3.8, 4) is 11.5 Å². The number of hydrogen-bond acceptors (Lipinski definition) is 6. The monoisotopic (exact) mass is 499 g/mol. The number of nitrogens with one attached hydrogen (secondary N) is 1. The van der Waals surface area contributed by atoms with Crippen LogP contribution in [0.3, 0.4) is 0 Å². The summed E-state index contributed by atoms with van der Waals surface area (Å²) in [4.78, 5) is 25.5. The molecular weight excluding hydrogens is 473 g/mol. The van der Waals surface area contributed by atoms with E-state index in [1.165, 1.54) is 6.92 Å². The lowest BCUT2D eigenvalue weighted by Gasteiger charge is -2.39. The zero-order valence-electron chi connectivity index (χ0n) is 19.7. The highest BCUT2D eigenvalue weighted by Crippen LogP contribution is 2.48. The number of fused-ring (bicyclic) bond motifs is 1. The number of ketones is 1. The lowest BCUT2D eigenvalue weighted by Crippen LogP contribution is -2.42. The van der Waals surface area contributed by atoms with Gasteiger partial charge in [-0.2, -0.15) is 0 Å². The molecule has 0 unspecified atom stereocenters. The van der Waals surface area contributed by atoms with Crippen LogP contribution in [0.4, 0.5) is 15.8 Å². The average Bonchev–Trinajstić information content (AvgIpc) is 3.29. The Hall–Kier alpha value is -3.26. The smallest absolute Gasteiger partial charge is 0.202 e. The number of aromatic nitrogens is 1. The minimum Gasteiger partial charge on any atom is -0.492 e. The van der Waals surface area contributed by atoms with Crippen LogP contribution >= 0.6 is 11.6 Å². The van der Waals surface area contributed by atoms with E-state index in [2.05, 4.69) is 5.32 Å². The zero-order valence-corrected chi connectivity index (χ0v) is 20.4. The molecule has 3 aromatic rings. The third-order valence-corrected chi connectivity index (χ3v) is 7.51. The quantitative estimate of drug-likeness (QED) is 0.280. The average molecular weight is 500 g/mol. The van der Waals surface area contributed by atoms with Crippen LogP contribution in [0, 0.1) is 12.7 Å². The van der Waals surface area contributed by atoms with Gasteiger partial charge in [0.2, 0.25) is 5.43 Å². The second kappa shape index (κ2) is 8.75. The van der Waals surface area contributed by atoms with E-state index in [-0.39, 0.29) is 52.5 Å². The first kappa shape index (κ1) is 23.5. The Kier molecular flexibility index (Phi) is 5.87. The van der Waals surface area contributed by atoms with Crippen molar-refractivity contribution < 1.29 is 18.7 Å². The number of ether oxygens (including phenoxy) is 2. The Balaban J connectivity index is 1.55. The molecule has 7 nitrogen and oxygen atoms in total. The van der Waals surface area contributed by atoms with Crippen molar-refractivity contribution in [1.29, 1.82) is 0 Å². The standard InChI is InChI=1S/C26H27ClFN3O4/c1-14-11-16(5-6-18(14)27)34-10-9-30-22-20(28)21(29)19-23-25(22)35-13-26(7-3-4-8-26)31(23)12-17(15(2)32)24(19)33/h5-6,11-12,30H,3-4,7-10,13,29H2,1-2H3. The summed E-state index contributed by atoms with van der Waals surface area (Å²) in [6.45, 7) is 4.06. The second-order valence-electron chi connectivity index (χ2n) is 9.36. The molecule has 0 amide bonds. The number of halogens is 2. The fraction of sp³-hybridized carbons (Fsp3) is 0.385. The van der Waals surface area contributed by atoms with Gasteiger partial charge in [-0.25, -0.2) is 4.39 Å². The SMILES string of the molecule is CC(=O)c1cn2c3c(c(NCCOc4ccc(Cl)c(C)c4)c(F)c(N)c3c1=O)OCC21CCCC1. The molecule has 1 fully saturated rings.